The van der Waals surface area contributed by atoms with Crippen molar-refractivity contribution in [3.05, 3.63) is 39.9 Å². The lowest BCUT2D eigenvalue weighted by atomic mass is 9.95. The summed E-state index contributed by atoms with van der Waals surface area (Å²) in [6, 6.07) is 6.77. The van der Waals surface area contributed by atoms with E-state index in [0.717, 1.165) is 69.8 Å². The Morgan fingerprint density at radius 2 is 1.79 bits per heavy atom. The fraction of sp³-hybridized carbons (Fsp3) is 0.652. The zero-order valence-corrected chi connectivity index (χ0v) is 21.7. The third kappa shape index (κ3) is 8.40. The van der Waals surface area contributed by atoms with Gasteiger partial charge < -0.3 is 19.9 Å². The number of likely N-dealkylation sites (tertiary alicyclic amines) is 1. The molecule has 2 aliphatic heterocycles. The third-order valence-electron chi connectivity index (χ3n) is 6.08. The van der Waals surface area contributed by atoms with Gasteiger partial charge in [0, 0.05) is 57.3 Å². The molecule has 0 aliphatic carbocycles. The number of hydrogen-bond acceptors (Lipinski definition) is 5. The maximum Gasteiger partial charge on any atom is 0.269 e. The number of carbonyl (C=O) groups excluding carboxylic acids is 1. The second-order valence-corrected chi connectivity index (χ2v) is 8.32. The molecule has 2 heterocycles. The number of halogens is 1. The molecule has 1 aromatic carbocycles. The number of hydrogen-bond donors (Lipinski definition) is 1. The average Bonchev–Trinajstić information content (AvgIpc) is 2.83. The lowest BCUT2D eigenvalue weighted by Gasteiger charge is -2.36. The Morgan fingerprint density at radius 3 is 2.39 bits per heavy atom. The van der Waals surface area contributed by atoms with E-state index in [9.17, 15) is 14.9 Å². The topological polar surface area (TPSA) is 100 Å². The molecule has 1 amide bonds. The Morgan fingerprint density at radius 1 is 1.12 bits per heavy atom. The number of non-ortho nitro benzene ring substituents is 1. The molecule has 0 spiro atoms. The molecule has 2 aliphatic rings. The van der Waals surface area contributed by atoms with Crippen molar-refractivity contribution in [2.45, 2.75) is 39.0 Å². The molecule has 3 rings (SSSR count). The van der Waals surface area contributed by atoms with Crippen molar-refractivity contribution in [1.82, 2.24) is 15.1 Å². The maximum absolute atomic E-state index is 12.7. The highest BCUT2D eigenvalue weighted by molar-refractivity contribution is 14.0. The largest absolute Gasteiger partial charge is 0.378 e. The van der Waals surface area contributed by atoms with E-state index < -0.39 is 0 Å². The molecule has 0 unspecified atom stereocenters. The van der Waals surface area contributed by atoms with Crippen LogP contribution >= 0.6 is 24.0 Å². The van der Waals surface area contributed by atoms with E-state index >= 15 is 0 Å². The van der Waals surface area contributed by atoms with E-state index in [1.54, 1.807) is 12.1 Å². The Balaban J connectivity index is 0.00000385. The van der Waals surface area contributed by atoms with Crippen LogP contribution in [-0.4, -0.2) is 79.1 Å². The molecule has 9 nitrogen and oxygen atoms in total. The van der Waals surface area contributed by atoms with Crippen LogP contribution < -0.4 is 5.32 Å². The molecule has 2 saturated heterocycles. The van der Waals surface area contributed by atoms with Gasteiger partial charge in [0.1, 0.15) is 0 Å². The number of amides is 1. The molecule has 1 N–H and O–H groups in total. The van der Waals surface area contributed by atoms with Crippen molar-refractivity contribution in [2.75, 3.05) is 52.5 Å². The normalized spacial score (nSPS) is 17.4. The Bertz CT molecular complexity index is 776. The van der Waals surface area contributed by atoms with Gasteiger partial charge in [0.05, 0.1) is 18.1 Å². The maximum atomic E-state index is 12.7. The summed E-state index contributed by atoms with van der Waals surface area (Å²) in [5.41, 5.74) is 1.24. The summed E-state index contributed by atoms with van der Waals surface area (Å²) in [7, 11) is 0. The van der Waals surface area contributed by atoms with Crippen molar-refractivity contribution < 1.29 is 14.5 Å². The van der Waals surface area contributed by atoms with Crippen LogP contribution in [0.4, 0.5) is 5.69 Å². The second-order valence-electron chi connectivity index (χ2n) is 8.32. The van der Waals surface area contributed by atoms with Crippen LogP contribution in [0.5, 0.6) is 0 Å². The standard InChI is InChI=1S/C23H35N5O4.HI/c1-2-24-23(25-12-4-3-5-19-6-8-21(9-7-19)28(30)31)27-13-10-20(11-14-27)22(29)26-15-17-32-18-16-26;/h6-9,20H,2-5,10-18H2,1H3,(H,24,25);1H. The SMILES string of the molecule is CCNC(=NCCCCc1ccc([N+](=O)[O-])cc1)N1CCC(C(=O)N2CCOCC2)CC1.I. The highest BCUT2D eigenvalue weighted by Gasteiger charge is 2.30. The molecule has 10 heteroatoms. The third-order valence-corrected chi connectivity index (χ3v) is 6.08. The highest BCUT2D eigenvalue weighted by atomic mass is 127. The van der Waals surface area contributed by atoms with Crippen LogP contribution in [0.1, 0.15) is 38.2 Å². The molecule has 0 aromatic heterocycles. The van der Waals surface area contributed by atoms with E-state index in [1.165, 1.54) is 0 Å². The van der Waals surface area contributed by atoms with Gasteiger partial charge in [0.2, 0.25) is 5.91 Å². The van der Waals surface area contributed by atoms with Gasteiger partial charge in [-0.3, -0.25) is 19.9 Å². The van der Waals surface area contributed by atoms with Crippen LogP contribution in [0.2, 0.25) is 0 Å². The van der Waals surface area contributed by atoms with E-state index in [-0.39, 0.29) is 46.4 Å². The quantitative estimate of drug-likeness (QED) is 0.128. The number of rotatable bonds is 8. The number of benzene rings is 1. The molecule has 2 fully saturated rings. The number of carbonyl (C=O) groups is 1. The minimum absolute atomic E-state index is 0. The number of ether oxygens (including phenoxy) is 1. The summed E-state index contributed by atoms with van der Waals surface area (Å²) in [6.45, 7) is 8.02. The van der Waals surface area contributed by atoms with Crippen LogP contribution in [0.25, 0.3) is 0 Å². The lowest BCUT2D eigenvalue weighted by molar-refractivity contribution is -0.384. The van der Waals surface area contributed by atoms with Gasteiger partial charge >= 0.3 is 0 Å². The fourth-order valence-corrected chi connectivity index (χ4v) is 4.22. The smallest absolute Gasteiger partial charge is 0.269 e. The zero-order valence-electron chi connectivity index (χ0n) is 19.4. The van der Waals surface area contributed by atoms with E-state index in [0.29, 0.717) is 26.3 Å². The van der Waals surface area contributed by atoms with E-state index in [2.05, 4.69) is 17.1 Å². The molecule has 0 radical (unpaired) electrons. The molecular weight excluding hydrogens is 537 g/mol. The Kier molecular flexibility index (Phi) is 11.9. The average molecular weight is 573 g/mol. The van der Waals surface area contributed by atoms with Gasteiger partial charge in [0.15, 0.2) is 5.96 Å². The predicted molar refractivity (Wildman–Crippen MR) is 139 cm³/mol. The van der Waals surface area contributed by atoms with Gasteiger partial charge in [-0.2, -0.15) is 0 Å². The van der Waals surface area contributed by atoms with Crippen molar-refractivity contribution in [1.29, 1.82) is 0 Å². The second kappa shape index (κ2) is 14.3. The molecule has 33 heavy (non-hydrogen) atoms. The number of unbranched alkanes of at least 4 members (excludes halogenated alkanes) is 1. The molecule has 0 saturated carbocycles. The van der Waals surface area contributed by atoms with Crippen molar-refractivity contribution in [3.63, 3.8) is 0 Å². The van der Waals surface area contributed by atoms with Crippen LogP contribution in [0, 0.1) is 16.0 Å². The van der Waals surface area contributed by atoms with Crippen LogP contribution in [-0.2, 0) is 16.0 Å². The highest BCUT2D eigenvalue weighted by Crippen LogP contribution is 2.20. The van der Waals surface area contributed by atoms with E-state index in [4.69, 9.17) is 9.73 Å². The first kappa shape index (κ1) is 27.3. The number of nitrogens with zero attached hydrogens (tertiary/aromatic N) is 4. The van der Waals surface area contributed by atoms with Crippen LogP contribution in [0.3, 0.4) is 0 Å². The first-order chi connectivity index (χ1) is 15.6. The van der Waals surface area contributed by atoms with E-state index in [1.807, 2.05) is 17.0 Å². The first-order valence-electron chi connectivity index (χ1n) is 11.7. The monoisotopic (exact) mass is 573 g/mol. The number of aliphatic imine (C=N–C) groups is 1. The number of piperidine rings is 1. The number of nitro benzene ring substituents is 1. The zero-order chi connectivity index (χ0) is 22.8. The van der Waals surface area contributed by atoms with Gasteiger partial charge in [-0.15, -0.1) is 24.0 Å². The Hall–Kier alpha value is -1.95. The van der Waals surface area contributed by atoms with Gasteiger partial charge in [-0.05, 0) is 44.6 Å². The Labute approximate surface area is 213 Å². The minimum atomic E-state index is -0.373. The number of aryl methyl sites for hydroxylation is 1. The molecular formula is C23H36IN5O4. The van der Waals surface area contributed by atoms with Gasteiger partial charge in [-0.1, -0.05) is 12.1 Å². The fourth-order valence-electron chi connectivity index (χ4n) is 4.22. The van der Waals surface area contributed by atoms with Crippen molar-refractivity contribution >= 4 is 41.5 Å². The predicted octanol–water partition coefficient (Wildman–Crippen LogP) is 3.07. The first-order valence-corrected chi connectivity index (χ1v) is 11.7. The molecule has 184 valence electrons. The summed E-state index contributed by atoms with van der Waals surface area (Å²) in [6.07, 6.45) is 4.55. The van der Waals surface area contributed by atoms with Crippen LogP contribution in [0.15, 0.2) is 29.3 Å². The minimum Gasteiger partial charge on any atom is -0.378 e. The summed E-state index contributed by atoms with van der Waals surface area (Å²) in [5, 5.41) is 14.1. The van der Waals surface area contributed by atoms with Gasteiger partial charge in [0.25, 0.3) is 5.69 Å². The molecule has 0 bridgehead atoms. The number of morpholine rings is 1. The summed E-state index contributed by atoms with van der Waals surface area (Å²) in [5.74, 6) is 1.31. The summed E-state index contributed by atoms with van der Waals surface area (Å²) >= 11 is 0. The van der Waals surface area contributed by atoms with Gasteiger partial charge in [-0.25, -0.2) is 0 Å². The lowest BCUT2D eigenvalue weighted by Crippen LogP contribution is -2.50. The number of nitro groups is 1. The number of nitrogens with one attached hydrogen (secondary N) is 1. The molecule has 1 aromatic rings. The summed E-state index contributed by atoms with van der Waals surface area (Å²) < 4.78 is 5.36. The molecule has 0 atom stereocenters. The van der Waals surface area contributed by atoms with Crippen molar-refractivity contribution in [3.8, 4) is 0 Å². The number of guanidine groups is 1. The summed E-state index contributed by atoms with van der Waals surface area (Å²) in [4.78, 5) is 32.1. The van der Waals surface area contributed by atoms with Crippen molar-refractivity contribution in [2.24, 2.45) is 10.9 Å².